The van der Waals surface area contributed by atoms with Crippen molar-refractivity contribution in [3.05, 3.63) is 64.1 Å². The van der Waals surface area contributed by atoms with Gasteiger partial charge < -0.3 is 10.2 Å². The van der Waals surface area contributed by atoms with Gasteiger partial charge in [-0.1, -0.05) is 36.4 Å². The van der Waals surface area contributed by atoms with Crippen LogP contribution in [0.5, 0.6) is 0 Å². The van der Waals surface area contributed by atoms with E-state index in [9.17, 15) is 4.79 Å². The lowest BCUT2D eigenvalue weighted by atomic mass is 10.1. The van der Waals surface area contributed by atoms with Crippen molar-refractivity contribution >= 4 is 27.5 Å². The second-order valence-electron chi connectivity index (χ2n) is 5.01. The molecule has 0 fully saturated rings. The fraction of sp³-hybridized carbons (Fsp3) is 0.235. The molecule has 0 saturated heterocycles. The Morgan fingerprint density at radius 3 is 2.52 bits per heavy atom. The van der Waals surface area contributed by atoms with Crippen molar-refractivity contribution in [2.45, 2.75) is 13.5 Å². The van der Waals surface area contributed by atoms with Gasteiger partial charge in [-0.15, -0.1) is 0 Å². The van der Waals surface area contributed by atoms with Gasteiger partial charge in [-0.2, -0.15) is 0 Å². The van der Waals surface area contributed by atoms with Crippen molar-refractivity contribution in [3.63, 3.8) is 0 Å². The van der Waals surface area contributed by atoms with Crippen molar-refractivity contribution in [1.29, 1.82) is 0 Å². The Bertz CT molecular complexity index is 628. The van der Waals surface area contributed by atoms with E-state index in [4.69, 9.17) is 0 Å². The van der Waals surface area contributed by atoms with E-state index in [0.717, 1.165) is 10.2 Å². The molecule has 2 rings (SSSR count). The number of rotatable bonds is 5. The minimum Gasteiger partial charge on any atom is -0.375 e. The van der Waals surface area contributed by atoms with Crippen LogP contribution < -0.4 is 5.32 Å². The van der Waals surface area contributed by atoms with Crippen molar-refractivity contribution in [2.24, 2.45) is 0 Å². The first kappa shape index (κ1) is 15.6. The number of para-hydroxylation sites is 1. The largest absolute Gasteiger partial charge is 0.375 e. The zero-order valence-corrected chi connectivity index (χ0v) is 13.9. The highest BCUT2D eigenvalue weighted by Crippen LogP contribution is 2.20. The summed E-state index contributed by atoms with van der Waals surface area (Å²) in [5.41, 5.74) is 3.31. The molecule has 0 heterocycles. The van der Waals surface area contributed by atoms with Crippen LogP contribution in [0.15, 0.2) is 53.0 Å². The maximum atomic E-state index is 12.2. The molecule has 2 aromatic rings. The lowest BCUT2D eigenvalue weighted by Crippen LogP contribution is -2.32. The summed E-state index contributed by atoms with van der Waals surface area (Å²) in [5.74, 6) is 0.0639. The lowest BCUT2D eigenvalue weighted by Gasteiger charge is -2.19. The Balaban J connectivity index is 1.91. The molecule has 110 valence electrons. The number of hydrogen-bond acceptors (Lipinski definition) is 2. The van der Waals surface area contributed by atoms with E-state index in [1.807, 2.05) is 43.4 Å². The Morgan fingerprint density at radius 2 is 1.81 bits per heavy atom. The summed E-state index contributed by atoms with van der Waals surface area (Å²) in [7, 11) is 1.83. The van der Waals surface area contributed by atoms with Gasteiger partial charge in [0.1, 0.15) is 0 Å². The molecule has 3 nitrogen and oxygen atoms in total. The van der Waals surface area contributed by atoms with Gasteiger partial charge in [0.25, 0.3) is 0 Å². The van der Waals surface area contributed by atoms with E-state index < -0.39 is 0 Å². The third-order valence-corrected chi connectivity index (χ3v) is 4.09. The molecule has 0 unspecified atom stereocenters. The average Bonchev–Trinajstić information content (AvgIpc) is 2.48. The van der Waals surface area contributed by atoms with Gasteiger partial charge in [-0.3, -0.25) is 4.79 Å². The summed E-state index contributed by atoms with van der Waals surface area (Å²) in [5, 5.41) is 3.16. The first-order chi connectivity index (χ1) is 10.1. The van der Waals surface area contributed by atoms with Gasteiger partial charge in [0, 0.05) is 23.8 Å². The zero-order chi connectivity index (χ0) is 15.2. The van der Waals surface area contributed by atoms with Crippen molar-refractivity contribution in [3.8, 4) is 0 Å². The lowest BCUT2D eigenvalue weighted by molar-refractivity contribution is -0.128. The smallest absolute Gasteiger partial charge is 0.241 e. The fourth-order valence-corrected chi connectivity index (χ4v) is 2.47. The molecule has 0 aliphatic carbocycles. The molecule has 0 aliphatic rings. The van der Waals surface area contributed by atoms with E-state index in [2.05, 4.69) is 40.3 Å². The van der Waals surface area contributed by atoms with Crippen LogP contribution in [-0.4, -0.2) is 24.4 Å². The first-order valence-electron chi connectivity index (χ1n) is 6.85. The Labute approximate surface area is 134 Å². The average molecular weight is 347 g/mol. The summed E-state index contributed by atoms with van der Waals surface area (Å²) in [4.78, 5) is 13.9. The van der Waals surface area contributed by atoms with Crippen molar-refractivity contribution in [1.82, 2.24) is 4.90 Å². The number of nitrogens with zero attached hydrogens (tertiary/aromatic N) is 1. The third kappa shape index (κ3) is 4.33. The molecule has 0 aromatic heterocycles. The second-order valence-corrected chi connectivity index (χ2v) is 5.86. The molecule has 21 heavy (non-hydrogen) atoms. The van der Waals surface area contributed by atoms with Gasteiger partial charge in [0.2, 0.25) is 5.91 Å². The summed E-state index contributed by atoms with van der Waals surface area (Å²) in [6.45, 7) is 2.97. The SMILES string of the molecule is Cc1ccccc1CN(C)C(=O)CNc1ccccc1Br. The molecule has 4 heteroatoms. The predicted molar refractivity (Wildman–Crippen MR) is 90.3 cm³/mol. The maximum absolute atomic E-state index is 12.2. The molecule has 1 amide bonds. The first-order valence-corrected chi connectivity index (χ1v) is 7.64. The maximum Gasteiger partial charge on any atom is 0.241 e. The van der Waals surface area contributed by atoms with Crippen molar-refractivity contribution in [2.75, 3.05) is 18.9 Å². The molecular formula is C17H19BrN2O. The van der Waals surface area contributed by atoms with E-state index in [1.165, 1.54) is 11.1 Å². The van der Waals surface area contributed by atoms with E-state index in [-0.39, 0.29) is 12.5 Å². The van der Waals surface area contributed by atoms with Crippen LogP contribution in [0.1, 0.15) is 11.1 Å². The molecule has 0 aliphatic heterocycles. The summed E-state index contributed by atoms with van der Waals surface area (Å²) < 4.78 is 0.958. The molecule has 0 atom stereocenters. The van der Waals surface area contributed by atoms with Crippen LogP contribution in [0.25, 0.3) is 0 Å². The highest BCUT2D eigenvalue weighted by atomic mass is 79.9. The van der Waals surface area contributed by atoms with Gasteiger partial charge in [0.05, 0.1) is 6.54 Å². The minimum atomic E-state index is 0.0639. The number of likely N-dealkylation sites (N-methyl/N-ethyl adjacent to an activating group) is 1. The number of carbonyl (C=O) groups excluding carboxylic acids is 1. The van der Waals surface area contributed by atoms with E-state index in [1.54, 1.807) is 4.90 Å². The van der Waals surface area contributed by atoms with Crippen LogP contribution in [0.2, 0.25) is 0 Å². The minimum absolute atomic E-state index is 0.0639. The van der Waals surface area contributed by atoms with Crippen LogP contribution in [0.4, 0.5) is 5.69 Å². The van der Waals surface area contributed by atoms with Crippen LogP contribution in [0, 0.1) is 6.92 Å². The van der Waals surface area contributed by atoms with Crippen molar-refractivity contribution < 1.29 is 4.79 Å². The highest BCUT2D eigenvalue weighted by molar-refractivity contribution is 9.10. The summed E-state index contributed by atoms with van der Waals surface area (Å²) in [6, 6.07) is 15.9. The van der Waals surface area contributed by atoms with Crippen LogP contribution in [0.3, 0.4) is 0 Å². The Hall–Kier alpha value is -1.81. The number of anilines is 1. The van der Waals surface area contributed by atoms with Gasteiger partial charge in [-0.05, 0) is 46.1 Å². The fourth-order valence-electron chi connectivity index (χ4n) is 2.04. The number of halogens is 1. The number of amides is 1. The zero-order valence-electron chi connectivity index (χ0n) is 12.3. The number of nitrogens with one attached hydrogen (secondary N) is 1. The van der Waals surface area contributed by atoms with Gasteiger partial charge in [0.15, 0.2) is 0 Å². The molecule has 0 spiro atoms. The Kier molecular flexibility index (Phi) is 5.39. The number of aryl methyl sites for hydroxylation is 1. The van der Waals surface area contributed by atoms with Gasteiger partial charge >= 0.3 is 0 Å². The molecule has 0 saturated carbocycles. The second kappa shape index (κ2) is 7.27. The molecule has 0 bridgehead atoms. The highest BCUT2D eigenvalue weighted by Gasteiger charge is 2.10. The van der Waals surface area contributed by atoms with Crippen LogP contribution in [-0.2, 0) is 11.3 Å². The number of carbonyl (C=O) groups is 1. The van der Waals surface area contributed by atoms with E-state index in [0.29, 0.717) is 6.54 Å². The molecule has 0 radical (unpaired) electrons. The monoisotopic (exact) mass is 346 g/mol. The van der Waals surface area contributed by atoms with Gasteiger partial charge in [-0.25, -0.2) is 0 Å². The number of hydrogen-bond donors (Lipinski definition) is 1. The van der Waals surface area contributed by atoms with Crippen LogP contribution >= 0.6 is 15.9 Å². The summed E-state index contributed by atoms with van der Waals surface area (Å²) >= 11 is 3.46. The Morgan fingerprint density at radius 1 is 1.14 bits per heavy atom. The third-order valence-electron chi connectivity index (χ3n) is 3.40. The number of benzene rings is 2. The molecular weight excluding hydrogens is 328 g/mol. The standard InChI is InChI=1S/C17H19BrN2O/c1-13-7-3-4-8-14(13)12-20(2)17(21)11-19-16-10-6-5-9-15(16)18/h3-10,19H,11-12H2,1-2H3. The molecule has 1 N–H and O–H groups in total. The quantitative estimate of drug-likeness (QED) is 0.892. The summed E-state index contributed by atoms with van der Waals surface area (Å²) in [6.07, 6.45) is 0. The van der Waals surface area contributed by atoms with E-state index >= 15 is 0 Å². The predicted octanol–water partition coefficient (Wildman–Crippen LogP) is 3.83. The normalized spacial score (nSPS) is 10.2. The molecule has 2 aromatic carbocycles. The topological polar surface area (TPSA) is 32.3 Å².